The number of nitrogens with zero attached hydrogens (tertiary/aromatic N) is 2. The fourth-order valence-electron chi connectivity index (χ4n) is 1.82. The molecule has 0 fully saturated rings. The standard InChI is InChI=1S/C14H18IN3O2/c1-4-18(5-2)14(19)9(3)20-13-11(15)6-10(8-16)7-12(13)17/h6-7,9H,4-5,17H2,1-3H3. The van der Waals surface area contributed by atoms with E-state index in [1.54, 1.807) is 24.0 Å². The molecule has 0 aromatic heterocycles. The van der Waals surface area contributed by atoms with Gasteiger partial charge in [-0.2, -0.15) is 5.26 Å². The summed E-state index contributed by atoms with van der Waals surface area (Å²) in [6.45, 7) is 6.84. The highest BCUT2D eigenvalue weighted by Crippen LogP contribution is 2.30. The molecule has 0 bridgehead atoms. The van der Waals surface area contributed by atoms with Crippen LogP contribution in [0.4, 0.5) is 5.69 Å². The first-order chi connectivity index (χ1) is 9.44. The molecule has 20 heavy (non-hydrogen) atoms. The highest BCUT2D eigenvalue weighted by atomic mass is 127. The lowest BCUT2D eigenvalue weighted by Crippen LogP contribution is -2.40. The van der Waals surface area contributed by atoms with Crippen molar-refractivity contribution in [3.63, 3.8) is 0 Å². The molecule has 1 amide bonds. The molecule has 5 nitrogen and oxygen atoms in total. The Morgan fingerprint density at radius 2 is 2.10 bits per heavy atom. The van der Waals surface area contributed by atoms with E-state index in [2.05, 4.69) is 0 Å². The fourth-order valence-corrected chi connectivity index (χ4v) is 2.60. The van der Waals surface area contributed by atoms with Crippen molar-refractivity contribution in [3.8, 4) is 11.8 Å². The van der Waals surface area contributed by atoms with Crippen molar-refractivity contribution in [1.82, 2.24) is 4.90 Å². The molecule has 1 unspecified atom stereocenters. The van der Waals surface area contributed by atoms with Gasteiger partial charge in [-0.15, -0.1) is 0 Å². The second kappa shape index (κ2) is 7.33. The van der Waals surface area contributed by atoms with Crippen molar-refractivity contribution in [2.45, 2.75) is 26.9 Å². The molecule has 0 saturated carbocycles. The van der Waals surface area contributed by atoms with Crippen molar-refractivity contribution in [2.75, 3.05) is 18.8 Å². The van der Waals surface area contributed by atoms with Crippen molar-refractivity contribution in [2.24, 2.45) is 0 Å². The molecule has 0 aliphatic heterocycles. The summed E-state index contributed by atoms with van der Waals surface area (Å²) in [5, 5.41) is 8.87. The number of nitrogens with two attached hydrogens (primary N) is 1. The average molecular weight is 387 g/mol. The predicted molar refractivity (Wildman–Crippen MR) is 86.3 cm³/mol. The highest BCUT2D eigenvalue weighted by Gasteiger charge is 2.21. The predicted octanol–water partition coefficient (Wildman–Crippen LogP) is 2.38. The zero-order valence-electron chi connectivity index (χ0n) is 11.8. The van der Waals surface area contributed by atoms with Crippen molar-refractivity contribution in [1.29, 1.82) is 5.26 Å². The van der Waals surface area contributed by atoms with Crippen LogP contribution < -0.4 is 10.5 Å². The number of rotatable bonds is 5. The van der Waals surface area contributed by atoms with E-state index in [4.69, 9.17) is 15.7 Å². The number of likely N-dealkylation sites (N-methyl/N-ethyl adjacent to an activating group) is 1. The van der Waals surface area contributed by atoms with Crippen LogP contribution in [0.25, 0.3) is 0 Å². The van der Waals surface area contributed by atoms with E-state index >= 15 is 0 Å². The van der Waals surface area contributed by atoms with E-state index in [1.165, 1.54) is 0 Å². The zero-order chi connectivity index (χ0) is 15.3. The van der Waals surface area contributed by atoms with Gasteiger partial charge in [0.2, 0.25) is 0 Å². The van der Waals surface area contributed by atoms with E-state index in [0.717, 1.165) is 3.57 Å². The maximum Gasteiger partial charge on any atom is 0.263 e. The van der Waals surface area contributed by atoms with Crippen LogP contribution in [-0.2, 0) is 4.79 Å². The summed E-state index contributed by atoms with van der Waals surface area (Å²) >= 11 is 2.05. The first-order valence-corrected chi connectivity index (χ1v) is 7.46. The number of hydrogen-bond donors (Lipinski definition) is 1. The smallest absolute Gasteiger partial charge is 0.263 e. The van der Waals surface area contributed by atoms with E-state index < -0.39 is 6.10 Å². The van der Waals surface area contributed by atoms with Crippen LogP contribution in [0.1, 0.15) is 26.3 Å². The Morgan fingerprint density at radius 3 is 2.55 bits per heavy atom. The first kappa shape index (κ1) is 16.6. The second-order valence-electron chi connectivity index (χ2n) is 4.26. The molecule has 0 aliphatic carbocycles. The van der Waals surface area contributed by atoms with Crippen molar-refractivity contribution < 1.29 is 9.53 Å². The molecule has 0 radical (unpaired) electrons. The van der Waals surface area contributed by atoms with Crippen molar-refractivity contribution >= 4 is 34.2 Å². The number of carbonyl (C=O) groups excluding carboxylic acids is 1. The molecule has 1 aromatic rings. The molecular weight excluding hydrogens is 369 g/mol. The number of hydrogen-bond acceptors (Lipinski definition) is 4. The van der Waals surface area contributed by atoms with Gasteiger partial charge in [0.1, 0.15) is 0 Å². The lowest BCUT2D eigenvalue weighted by molar-refractivity contribution is -0.137. The molecule has 6 heteroatoms. The van der Waals surface area contributed by atoms with Crippen LogP contribution >= 0.6 is 22.6 Å². The summed E-state index contributed by atoms with van der Waals surface area (Å²) in [7, 11) is 0. The van der Waals surface area contributed by atoms with Gasteiger partial charge in [0, 0.05) is 13.1 Å². The molecule has 1 aromatic carbocycles. The Hall–Kier alpha value is -1.49. The van der Waals surface area contributed by atoms with Crippen molar-refractivity contribution in [3.05, 3.63) is 21.3 Å². The third-order valence-electron chi connectivity index (χ3n) is 2.92. The van der Waals surface area contributed by atoms with Gasteiger partial charge < -0.3 is 15.4 Å². The summed E-state index contributed by atoms with van der Waals surface area (Å²) in [6.07, 6.45) is -0.612. The molecule has 0 heterocycles. The van der Waals surface area contributed by atoms with Crippen LogP contribution in [0.2, 0.25) is 0 Å². The zero-order valence-corrected chi connectivity index (χ0v) is 14.0. The van der Waals surface area contributed by atoms with Gasteiger partial charge in [-0.3, -0.25) is 4.79 Å². The molecular formula is C14H18IN3O2. The summed E-state index contributed by atoms with van der Waals surface area (Å²) < 4.78 is 6.41. The van der Waals surface area contributed by atoms with Crippen LogP contribution in [0.3, 0.4) is 0 Å². The molecule has 1 rings (SSSR count). The second-order valence-corrected chi connectivity index (χ2v) is 5.42. The van der Waals surface area contributed by atoms with E-state index in [9.17, 15) is 4.79 Å². The third-order valence-corrected chi connectivity index (χ3v) is 3.72. The Labute approximate surface area is 132 Å². The largest absolute Gasteiger partial charge is 0.478 e. The Bertz CT molecular complexity index is 513. The van der Waals surface area contributed by atoms with Gasteiger partial charge in [0.05, 0.1) is 20.9 Å². The van der Waals surface area contributed by atoms with Gasteiger partial charge in [-0.25, -0.2) is 0 Å². The number of amides is 1. The maximum absolute atomic E-state index is 12.2. The van der Waals surface area contributed by atoms with Crippen LogP contribution in [-0.4, -0.2) is 30.0 Å². The van der Waals surface area contributed by atoms with Crippen LogP contribution in [0.15, 0.2) is 12.1 Å². The summed E-state index contributed by atoms with van der Waals surface area (Å²) in [4.78, 5) is 13.9. The molecule has 0 saturated heterocycles. The highest BCUT2D eigenvalue weighted by molar-refractivity contribution is 14.1. The van der Waals surface area contributed by atoms with Crippen LogP contribution in [0, 0.1) is 14.9 Å². The minimum Gasteiger partial charge on any atom is -0.478 e. The monoisotopic (exact) mass is 387 g/mol. The van der Waals surface area contributed by atoms with E-state index in [1.807, 2.05) is 42.5 Å². The minimum atomic E-state index is -0.612. The summed E-state index contributed by atoms with van der Waals surface area (Å²) in [6, 6.07) is 5.26. The Kier molecular flexibility index (Phi) is 6.07. The van der Waals surface area contributed by atoms with Crippen LogP contribution in [0.5, 0.6) is 5.75 Å². The molecule has 0 spiro atoms. The molecule has 2 N–H and O–H groups in total. The summed E-state index contributed by atoms with van der Waals surface area (Å²) in [5.74, 6) is 0.382. The minimum absolute atomic E-state index is 0.0745. The quantitative estimate of drug-likeness (QED) is 0.622. The summed E-state index contributed by atoms with van der Waals surface area (Å²) in [5.41, 5.74) is 6.72. The van der Waals surface area contributed by atoms with E-state index in [0.29, 0.717) is 30.1 Å². The number of anilines is 1. The number of nitriles is 1. The Balaban J connectivity index is 2.94. The lowest BCUT2D eigenvalue weighted by atomic mass is 10.2. The number of nitrogen functional groups attached to an aromatic ring is 1. The maximum atomic E-state index is 12.2. The number of benzene rings is 1. The number of ether oxygens (including phenoxy) is 1. The van der Waals surface area contributed by atoms with Gasteiger partial charge in [-0.1, -0.05) is 0 Å². The van der Waals surface area contributed by atoms with Gasteiger partial charge in [0.25, 0.3) is 5.91 Å². The van der Waals surface area contributed by atoms with E-state index in [-0.39, 0.29) is 5.91 Å². The topological polar surface area (TPSA) is 79.3 Å². The van der Waals surface area contributed by atoms with Gasteiger partial charge in [-0.05, 0) is 55.5 Å². The fraction of sp³-hybridized carbons (Fsp3) is 0.429. The van der Waals surface area contributed by atoms with Gasteiger partial charge >= 0.3 is 0 Å². The van der Waals surface area contributed by atoms with Gasteiger partial charge in [0.15, 0.2) is 11.9 Å². The SMILES string of the molecule is CCN(CC)C(=O)C(C)Oc1c(N)cc(C#N)cc1I. The first-order valence-electron chi connectivity index (χ1n) is 6.39. The number of halogens is 1. The number of carbonyl (C=O) groups is 1. The molecule has 108 valence electrons. The third kappa shape index (κ3) is 3.76. The normalized spacial score (nSPS) is 11.6. The molecule has 1 atom stereocenters. The molecule has 0 aliphatic rings. The Morgan fingerprint density at radius 1 is 1.50 bits per heavy atom. The lowest BCUT2D eigenvalue weighted by Gasteiger charge is -2.24. The average Bonchev–Trinajstić information content (AvgIpc) is 2.43.